The zero-order valence-electron chi connectivity index (χ0n) is 54.9. The second kappa shape index (κ2) is 70.3. The summed E-state index contributed by atoms with van der Waals surface area (Å²) in [6.45, 7) is 5.01. The van der Waals surface area contributed by atoms with E-state index in [-0.39, 0.29) is 18.5 Å². The lowest BCUT2D eigenvalue weighted by Gasteiger charge is -2.22. The molecule has 6 nitrogen and oxygen atoms in total. The number of hydrogen-bond donors (Lipinski definition) is 3. The van der Waals surface area contributed by atoms with E-state index in [9.17, 15) is 19.8 Å². The first-order valence-corrected chi connectivity index (χ1v) is 37.3. The molecule has 0 aliphatic rings. The molecule has 0 aliphatic carbocycles. The Morgan fingerprint density at radius 2 is 0.512 bits per heavy atom. The molecule has 0 fully saturated rings. The van der Waals surface area contributed by atoms with Crippen molar-refractivity contribution in [3.63, 3.8) is 0 Å². The average Bonchev–Trinajstić information content (AvgIpc) is 3.46. The highest BCUT2D eigenvalue weighted by Gasteiger charge is 2.20. The molecule has 0 aromatic carbocycles. The first-order chi connectivity index (χ1) is 39.5. The first kappa shape index (κ1) is 78.9. The molecule has 0 radical (unpaired) electrons. The van der Waals surface area contributed by atoms with Gasteiger partial charge in [0, 0.05) is 12.8 Å². The molecular weight excluding hydrogens is 983 g/mol. The number of unbranched alkanes of at least 4 members (excludes halogenated alkanes) is 60. The SMILES string of the molecule is CCCCCCCCCCCCCCCCCCC(O)C(CO)NC(=O)CCCCCCCCCCCCCCCCCCCCCCCCCCCCCCCCCCCOC(=O)CCCCCCCCCCCCCCCC. The Balaban J connectivity index is 3.30. The molecule has 2 atom stereocenters. The molecule has 0 aromatic rings. The van der Waals surface area contributed by atoms with Gasteiger partial charge >= 0.3 is 5.97 Å². The predicted octanol–water partition coefficient (Wildman–Crippen LogP) is 24.2. The van der Waals surface area contributed by atoms with Crippen LogP contribution in [-0.4, -0.2) is 47.4 Å². The fourth-order valence-corrected chi connectivity index (χ4v) is 12.2. The maximum absolute atomic E-state index is 12.5. The summed E-state index contributed by atoms with van der Waals surface area (Å²) in [4.78, 5) is 24.6. The Morgan fingerprint density at radius 3 is 0.762 bits per heavy atom. The van der Waals surface area contributed by atoms with Gasteiger partial charge in [-0.2, -0.15) is 0 Å². The van der Waals surface area contributed by atoms with Gasteiger partial charge in [0.15, 0.2) is 0 Å². The van der Waals surface area contributed by atoms with E-state index in [0.29, 0.717) is 25.9 Å². The first-order valence-electron chi connectivity index (χ1n) is 37.3. The van der Waals surface area contributed by atoms with E-state index in [1.54, 1.807) is 0 Å². The van der Waals surface area contributed by atoms with Crippen LogP contribution in [0, 0.1) is 0 Å². The highest BCUT2D eigenvalue weighted by atomic mass is 16.5. The van der Waals surface area contributed by atoms with Crippen LogP contribution < -0.4 is 5.32 Å². The topological polar surface area (TPSA) is 95.9 Å². The maximum atomic E-state index is 12.5. The van der Waals surface area contributed by atoms with Crippen LogP contribution >= 0.6 is 0 Å². The smallest absolute Gasteiger partial charge is 0.305 e. The van der Waals surface area contributed by atoms with Gasteiger partial charge in [-0.3, -0.25) is 9.59 Å². The number of nitrogens with one attached hydrogen (secondary N) is 1. The highest BCUT2D eigenvalue weighted by molar-refractivity contribution is 5.76. The largest absolute Gasteiger partial charge is 0.466 e. The normalized spacial score (nSPS) is 12.4. The Hall–Kier alpha value is -1.14. The molecule has 0 spiro atoms. The van der Waals surface area contributed by atoms with Crippen molar-refractivity contribution >= 4 is 11.9 Å². The number of ether oxygens (including phenoxy) is 1. The summed E-state index contributed by atoms with van der Waals surface area (Å²) in [6.07, 6.45) is 86.1. The third-order valence-corrected chi connectivity index (χ3v) is 17.9. The summed E-state index contributed by atoms with van der Waals surface area (Å²) in [7, 11) is 0. The number of amides is 1. The third kappa shape index (κ3) is 66.0. The van der Waals surface area contributed by atoms with Gasteiger partial charge in [0.05, 0.1) is 25.4 Å². The minimum atomic E-state index is -0.660. The Kier molecular flexibility index (Phi) is 69.3. The van der Waals surface area contributed by atoms with Crippen LogP contribution in [0.2, 0.25) is 0 Å². The number of hydrogen-bond acceptors (Lipinski definition) is 5. The van der Waals surface area contributed by atoms with Crippen molar-refractivity contribution < 1.29 is 24.5 Å². The van der Waals surface area contributed by atoms with Crippen LogP contribution in [0.1, 0.15) is 438 Å². The van der Waals surface area contributed by atoms with Crippen molar-refractivity contribution in [2.24, 2.45) is 0 Å². The van der Waals surface area contributed by atoms with Gasteiger partial charge in [-0.15, -0.1) is 0 Å². The molecule has 0 aromatic heterocycles. The van der Waals surface area contributed by atoms with Crippen LogP contribution in [0.15, 0.2) is 0 Å². The number of aliphatic hydroxyl groups excluding tert-OH is 2. The summed E-state index contributed by atoms with van der Waals surface area (Å²) >= 11 is 0. The van der Waals surface area contributed by atoms with E-state index in [2.05, 4.69) is 19.2 Å². The Labute approximate surface area is 502 Å². The molecule has 0 aliphatic heterocycles. The zero-order valence-corrected chi connectivity index (χ0v) is 54.9. The van der Waals surface area contributed by atoms with Crippen molar-refractivity contribution in [2.75, 3.05) is 13.2 Å². The second-order valence-corrected chi connectivity index (χ2v) is 26.0. The average molecular weight is 1130 g/mol. The van der Waals surface area contributed by atoms with Gasteiger partial charge in [-0.1, -0.05) is 399 Å². The van der Waals surface area contributed by atoms with Crippen molar-refractivity contribution in [2.45, 2.75) is 450 Å². The fourth-order valence-electron chi connectivity index (χ4n) is 12.2. The van der Waals surface area contributed by atoms with Gasteiger partial charge in [0.1, 0.15) is 0 Å². The number of carbonyl (C=O) groups is 2. The van der Waals surface area contributed by atoms with E-state index in [4.69, 9.17) is 4.74 Å². The van der Waals surface area contributed by atoms with Crippen LogP contribution in [0.25, 0.3) is 0 Å². The maximum Gasteiger partial charge on any atom is 0.305 e. The summed E-state index contributed by atoms with van der Waals surface area (Å²) in [5.74, 6) is -0.000530. The minimum Gasteiger partial charge on any atom is -0.466 e. The molecule has 80 heavy (non-hydrogen) atoms. The number of aliphatic hydroxyl groups is 2. The molecule has 0 saturated heterocycles. The standard InChI is InChI=1S/C74H147NO5/c1-3-5-7-9-11-13-15-17-19-39-42-46-50-54-58-62-66-72(77)71(70-76)75-73(78)67-63-59-55-51-47-43-40-37-35-33-31-29-27-25-23-21-20-22-24-26-28-30-32-34-36-38-41-45-49-53-57-61-65-69-80-74(79)68-64-60-56-52-48-44-18-16-14-12-10-8-6-4-2/h71-72,76-77H,3-70H2,1-2H3,(H,75,78). The molecule has 0 saturated carbocycles. The van der Waals surface area contributed by atoms with Gasteiger partial charge in [0.25, 0.3) is 0 Å². The predicted molar refractivity (Wildman–Crippen MR) is 352 cm³/mol. The number of esters is 1. The second-order valence-electron chi connectivity index (χ2n) is 26.0. The number of carbonyl (C=O) groups excluding carboxylic acids is 2. The Bertz CT molecular complexity index is 1160. The molecule has 1 amide bonds. The number of rotatable bonds is 71. The highest BCUT2D eigenvalue weighted by Crippen LogP contribution is 2.20. The van der Waals surface area contributed by atoms with Gasteiger partial charge in [-0.05, 0) is 25.7 Å². The van der Waals surface area contributed by atoms with Crippen LogP contribution in [0.4, 0.5) is 0 Å². The van der Waals surface area contributed by atoms with Crippen LogP contribution in [0.5, 0.6) is 0 Å². The lowest BCUT2D eigenvalue weighted by atomic mass is 10.0. The van der Waals surface area contributed by atoms with E-state index >= 15 is 0 Å². The van der Waals surface area contributed by atoms with Crippen molar-refractivity contribution in [3.05, 3.63) is 0 Å². The van der Waals surface area contributed by atoms with Crippen molar-refractivity contribution in [1.82, 2.24) is 5.32 Å². The summed E-state index contributed by atoms with van der Waals surface area (Å²) < 4.78 is 5.50. The molecule has 0 heterocycles. The molecule has 478 valence electrons. The van der Waals surface area contributed by atoms with Crippen molar-refractivity contribution in [1.29, 1.82) is 0 Å². The zero-order chi connectivity index (χ0) is 57.8. The van der Waals surface area contributed by atoms with E-state index < -0.39 is 12.1 Å². The molecule has 0 rings (SSSR count). The van der Waals surface area contributed by atoms with Crippen molar-refractivity contribution in [3.8, 4) is 0 Å². The summed E-state index contributed by atoms with van der Waals surface area (Å²) in [6, 6.07) is -0.536. The van der Waals surface area contributed by atoms with Crippen LogP contribution in [-0.2, 0) is 14.3 Å². The van der Waals surface area contributed by atoms with Gasteiger partial charge in [0.2, 0.25) is 5.91 Å². The van der Waals surface area contributed by atoms with Gasteiger partial charge < -0.3 is 20.3 Å². The summed E-state index contributed by atoms with van der Waals surface area (Å²) in [5, 5.41) is 23.4. The lowest BCUT2D eigenvalue weighted by Crippen LogP contribution is -2.45. The molecule has 3 N–H and O–H groups in total. The van der Waals surface area contributed by atoms with Gasteiger partial charge in [-0.25, -0.2) is 0 Å². The van der Waals surface area contributed by atoms with E-state index in [1.807, 2.05) is 0 Å². The third-order valence-electron chi connectivity index (χ3n) is 17.9. The molecule has 2 unspecified atom stereocenters. The van der Waals surface area contributed by atoms with E-state index in [0.717, 1.165) is 38.5 Å². The molecule has 0 bridgehead atoms. The fraction of sp³-hybridized carbons (Fsp3) is 0.973. The quantitative estimate of drug-likeness (QED) is 0.0417. The lowest BCUT2D eigenvalue weighted by molar-refractivity contribution is -0.143. The van der Waals surface area contributed by atoms with E-state index in [1.165, 1.54) is 366 Å². The monoisotopic (exact) mass is 1130 g/mol. The molecule has 6 heteroatoms. The minimum absolute atomic E-state index is 0.0252. The Morgan fingerprint density at radius 1 is 0.300 bits per heavy atom. The molecular formula is C74H147NO5. The van der Waals surface area contributed by atoms with Crippen LogP contribution in [0.3, 0.4) is 0 Å². The summed E-state index contributed by atoms with van der Waals surface area (Å²) in [5.41, 5.74) is 0.